The molecule has 192 valence electrons. The summed E-state index contributed by atoms with van der Waals surface area (Å²) in [4.78, 5) is 31.9. The number of alkyl halides is 3. The summed E-state index contributed by atoms with van der Waals surface area (Å²) in [6, 6.07) is 14.6. The molecule has 0 bridgehead atoms. The first kappa shape index (κ1) is 24.6. The van der Waals surface area contributed by atoms with E-state index in [4.69, 9.17) is 0 Å². The summed E-state index contributed by atoms with van der Waals surface area (Å²) in [5, 5.41) is 2.88. The monoisotopic (exact) mass is 500 g/mol. The van der Waals surface area contributed by atoms with Gasteiger partial charge in [-0.2, -0.15) is 13.2 Å². The molecule has 0 aromatic heterocycles. The van der Waals surface area contributed by atoms with E-state index in [-0.39, 0.29) is 43.3 Å². The molecule has 2 heterocycles. The Morgan fingerprint density at radius 3 is 2.36 bits per heavy atom. The van der Waals surface area contributed by atoms with Crippen molar-refractivity contribution in [3.05, 3.63) is 59.7 Å². The fraction of sp³-hybridized carbons (Fsp3) is 0.481. The summed E-state index contributed by atoms with van der Waals surface area (Å²) >= 11 is 0. The zero-order valence-corrected chi connectivity index (χ0v) is 20.3. The summed E-state index contributed by atoms with van der Waals surface area (Å²) in [5.74, 6) is -1.74. The number of halogens is 3. The molecule has 36 heavy (non-hydrogen) atoms. The average molecular weight is 501 g/mol. The van der Waals surface area contributed by atoms with Gasteiger partial charge in [-0.05, 0) is 50.1 Å². The zero-order valence-electron chi connectivity index (χ0n) is 20.3. The third-order valence-corrected chi connectivity index (χ3v) is 7.46. The Morgan fingerprint density at radius 1 is 0.944 bits per heavy atom. The van der Waals surface area contributed by atoms with Crippen LogP contribution in [-0.4, -0.2) is 67.6 Å². The van der Waals surface area contributed by atoms with Crippen LogP contribution in [0.25, 0.3) is 0 Å². The number of hydrogen-bond acceptors (Lipinski definition) is 4. The molecule has 2 amide bonds. The molecule has 2 aromatic rings. The van der Waals surface area contributed by atoms with Crippen molar-refractivity contribution >= 4 is 23.2 Å². The highest BCUT2D eigenvalue weighted by Crippen LogP contribution is 2.39. The van der Waals surface area contributed by atoms with Crippen LogP contribution >= 0.6 is 0 Å². The maximum absolute atomic E-state index is 14.0. The lowest BCUT2D eigenvalue weighted by molar-refractivity contribution is -0.168. The number of likely N-dealkylation sites (N-methyl/N-ethyl adjacent to an activating group) is 1. The number of carbonyl (C=O) groups excluding carboxylic acids is 2. The SMILES string of the molecule is CN1CCN(C(=O)c2ccc(NC(=O)C3CC3)cc2N2CC[C@@H](C(F)(F)F)C2)[C@H](c2ccccc2)C1. The number of nitrogens with one attached hydrogen (secondary N) is 1. The fourth-order valence-corrected chi connectivity index (χ4v) is 5.17. The van der Waals surface area contributed by atoms with Gasteiger partial charge in [0, 0.05) is 44.3 Å². The number of carbonyl (C=O) groups is 2. The van der Waals surface area contributed by atoms with Crippen LogP contribution in [0.1, 0.15) is 41.2 Å². The van der Waals surface area contributed by atoms with Gasteiger partial charge < -0.3 is 20.0 Å². The first-order chi connectivity index (χ1) is 17.2. The second-order valence-corrected chi connectivity index (χ2v) is 10.2. The molecule has 0 radical (unpaired) electrons. The highest BCUT2D eigenvalue weighted by molar-refractivity contribution is 6.02. The molecule has 0 unspecified atom stereocenters. The highest BCUT2D eigenvalue weighted by atomic mass is 19.4. The molecule has 0 spiro atoms. The number of nitrogens with zero attached hydrogens (tertiary/aromatic N) is 3. The molecule has 1 saturated carbocycles. The summed E-state index contributed by atoms with van der Waals surface area (Å²) < 4.78 is 40.4. The maximum atomic E-state index is 14.0. The molecule has 3 fully saturated rings. The van der Waals surface area contributed by atoms with Crippen molar-refractivity contribution in [2.75, 3.05) is 50.0 Å². The van der Waals surface area contributed by atoms with Crippen LogP contribution in [0.15, 0.2) is 48.5 Å². The van der Waals surface area contributed by atoms with Crippen LogP contribution in [0.2, 0.25) is 0 Å². The zero-order chi connectivity index (χ0) is 25.4. The molecule has 9 heteroatoms. The standard InChI is InChI=1S/C27H31F3N4O2/c1-32-13-14-34(24(17-32)18-5-3-2-4-6-18)26(36)22-10-9-21(31-25(35)19-7-8-19)15-23(22)33-12-11-20(16-33)27(28,29)30/h2-6,9-10,15,19-20,24H,7-8,11-14,16-17H2,1H3,(H,31,35)/t20-,24+/m1/s1. The number of amides is 2. The van der Waals surface area contributed by atoms with Gasteiger partial charge in [0.2, 0.25) is 5.91 Å². The van der Waals surface area contributed by atoms with Crippen LogP contribution < -0.4 is 10.2 Å². The third-order valence-electron chi connectivity index (χ3n) is 7.46. The van der Waals surface area contributed by atoms with E-state index in [1.165, 1.54) is 0 Å². The number of anilines is 2. The van der Waals surface area contributed by atoms with Crippen molar-refractivity contribution in [3.63, 3.8) is 0 Å². The van der Waals surface area contributed by atoms with E-state index < -0.39 is 12.1 Å². The summed E-state index contributed by atoms with van der Waals surface area (Å²) in [6.45, 7) is 1.89. The predicted molar refractivity (Wildman–Crippen MR) is 132 cm³/mol. The minimum absolute atomic E-state index is 0.00637. The van der Waals surface area contributed by atoms with E-state index in [1.54, 1.807) is 23.1 Å². The Balaban J connectivity index is 1.47. The van der Waals surface area contributed by atoms with Crippen LogP contribution in [0.4, 0.5) is 24.5 Å². The van der Waals surface area contributed by atoms with Gasteiger partial charge >= 0.3 is 6.18 Å². The summed E-state index contributed by atoms with van der Waals surface area (Å²) in [5.41, 5.74) is 2.34. The topological polar surface area (TPSA) is 55.9 Å². The maximum Gasteiger partial charge on any atom is 0.393 e. The lowest BCUT2D eigenvalue weighted by Crippen LogP contribution is -2.49. The molecule has 2 aliphatic heterocycles. The second-order valence-electron chi connectivity index (χ2n) is 10.2. The van der Waals surface area contributed by atoms with Crippen LogP contribution in [-0.2, 0) is 4.79 Å². The number of benzene rings is 2. The molecule has 1 aliphatic carbocycles. The van der Waals surface area contributed by atoms with Crippen molar-refractivity contribution in [3.8, 4) is 0 Å². The van der Waals surface area contributed by atoms with Gasteiger partial charge in [0.05, 0.1) is 23.2 Å². The van der Waals surface area contributed by atoms with Crippen molar-refractivity contribution in [2.24, 2.45) is 11.8 Å². The largest absolute Gasteiger partial charge is 0.393 e. The lowest BCUT2D eigenvalue weighted by Gasteiger charge is -2.41. The highest BCUT2D eigenvalue weighted by Gasteiger charge is 2.44. The fourth-order valence-electron chi connectivity index (χ4n) is 5.17. The minimum Gasteiger partial charge on any atom is -0.370 e. The van der Waals surface area contributed by atoms with E-state index in [0.717, 1.165) is 18.4 Å². The number of hydrogen-bond donors (Lipinski definition) is 1. The van der Waals surface area contributed by atoms with Gasteiger partial charge in [-0.25, -0.2) is 0 Å². The molecule has 6 nitrogen and oxygen atoms in total. The lowest BCUT2D eigenvalue weighted by atomic mass is 10.0. The van der Waals surface area contributed by atoms with Crippen molar-refractivity contribution < 1.29 is 22.8 Å². The van der Waals surface area contributed by atoms with Gasteiger partial charge in [-0.1, -0.05) is 30.3 Å². The average Bonchev–Trinajstić information content (AvgIpc) is 3.59. The van der Waals surface area contributed by atoms with Crippen LogP contribution in [0, 0.1) is 11.8 Å². The Bertz CT molecular complexity index is 1120. The van der Waals surface area contributed by atoms with E-state index in [0.29, 0.717) is 36.6 Å². The first-order valence-corrected chi connectivity index (χ1v) is 12.5. The van der Waals surface area contributed by atoms with Crippen molar-refractivity contribution in [1.29, 1.82) is 0 Å². The van der Waals surface area contributed by atoms with Gasteiger partial charge in [-0.3, -0.25) is 9.59 Å². The van der Waals surface area contributed by atoms with Gasteiger partial charge in [0.1, 0.15) is 0 Å². The molecule has 2 atom stereocenters. The molecule has 2 saturated heterocycles. The molecule has 3 aliphatic rings. The van der Waals surface area contributed by atoms with Crippen molar-refractivity contribution in [2.45, 2.75) is 31.5 Å². The smallest absolute Gasteiger partial charge is 0.370 e. The normalized spacial score (nSPS) is 23.1. The van der Waals surface area contributed by atoms with Gasteiger partial charge in [0.15, 0.2) is 0 Å². The van der Waals surface area contributed by atoms with Gasteiger partial charge in [0.25, 0.3) is 5.91 Å². The molecule has 2 aromatic carbocycles. The Labute approximate surface area is 209 Å². The van der Waals surface area contributed by atoms with E-state index >= 15 is 0 Å². The summed E-state index contributed by atoms with van der Waals surface area (Å²) in [6.07, 6.45) is -2.61. The quantitative estimate of drug-likeness (QED) is 0.655. The van der Waals surface area contributed by atoms with Gasteiger partial charge in [-0.15, -0.1) is 0 Å². The minimum atomic E-state index is -4.29. The number of rotatable bonds is 5. The molecule has 5 rings (SSSR count). The number of piperazine rings is 1. The van der Waals surface area contributed by atoms with E-state index in [2.05, 4.69) is 10.2 Å². The Kier molecular flexibility index (Phi) is 6.68. The van der Waals surface area contributed by atoms with Crippen molar-refractivity contribution in [1.82, 2.24) is 9.80 Å². The first-order valence-electron chi connectivity index (χ1n) is 12.5. The summed E-state index contributed by atoms with van der Waals surface area (Å²) in [7, 11) is 2.02. The molecular formula is C27H31F3N4O2. The predicted octanol–water partition coefficient (Wildman–Crippen LogP) is 4.55. The Morgan fingerprint density at radius 2 is 1.69 bits per heavy atom. The molecular weight excluding hydrogens is 469 g/mol. The molecule has 1 N–H and O–H groups in total. The third kappa shape index (κ3) is 5.21. The van der Waals surface area contributed by atoms with E-state index in [9.17, 15) is 22.8 Å². The Hall–Kier alpha value is -3.07. The second kappa shape index (κ2) is 9.76. The van der Waals surface area contributed by atoms with E-state index in [1.807, 2.05) is 42.3 Å². The van der Waals surface area contributed by atoms with Crippen LogP contribution in [0.5, 0.6) is 0 Å². The van der Waals surface area contributed by atoms with Crippen LogP contribution in [0.3, 0.4) is 0 Å².